The average Bonchev–Trinajstić information content (AvgIpc) is 2.55. The molecule has 0 bridgehead atoms. The number of hydrogen-bond acceptors (Lipinski definition) is 3. The van der Waals surface area contributed by atoms with Crippen molar-refractivity contribution in [1.82, 2.24) is 4.90 Å². The summed E-state index contributed by atoms with van der Waals surface area (Å²) in [5.74, 6) is -1.62. The van der Waals surface area contributed by atoms with E-state index in [1.165, 1.54) is 4.90 Å². The Labute approximate surface area is 138 Å². The molecular formula is C18H28N2O3. The summed E-state index contributed by atoms with van der Waals surface area (Å²) in [6.45, 7) is 8.04. The fraction of sp³-hybridized carbons (Fsp3) is 0.556. The second-order valence-electron chi connectivity index (χ2n) is 5.91. The number of hydrogen-bond donors (Lipinski definition) is 1. The van der Waals surface area contributed by atoms with Crippen LogP contribution in [-0.4, -0.2) is 48.6 Å². The maximum Gasteiger partial charge on any atom is 0.308 e. The second kappa shape index (κ2) is 9.18. The minimum atomic E-state index is -0.894. The van der Waals surface area contributed by atoms with E-state index in [-0.39, 0.29) is 12.5 Å². The lowest BCUT2D eigenvalue weighted by Crippen LogP contribution is -2.33. The Morgan fingerprint density at radius 2 is 1.78 bits per heavy atom. The van der Waals surface area contributed by atoms with Gasteiger partial charge in [-0.15, -0.1) is 0 Å². The number of carboxylic acid groups (broad SMARTS) is 1. The van der Waals surface area contributed by atoms with E-state index < -0.39 is 11.9 Å². The van der Waals surface area contributed by atoms with Crippen LogP contribution in [0.5, 0.6) is 0 Å². The zero-order valence-corrected chi connectivity index (χ0v) is 14.6. The minimum absolute atomic E-state index is 0.152. The number of aliphatic carboxylic acids is 1. The molecule has 0 radical (unpaired) electrons. The van der Waals surface area contributed by atoms with Crippen molar-refractivity contribution in [2.24, 2.45) is 5.92 Å². The number of anilines is 1. The lowest BCUT2D eigenvalue weighted by atomic mass is 10.1. The molecule has 0 saturated carbocycles. The molecule has 128 valence electrons. The molecule has 1 amide bonds. The molecule has 0 aliphatic rings. The van der Waals surface area contributed by atoms with E-state index in [4.69, 9.17) is 5.11 Å². The van der Waals surface area contributed by atoms with E-state index >= 15 is 0 Å². The highest BCUT2D eigenvalue weighted by atomic mass is 16.4. The Morgan fingerprint density at radius 1 is 1.17 bits per heavy atom. The van der Waals surface area contributed by atoms with E-state index in [2.05, 4.69) is 18.7 Å². The maximum atomic E-state index is 12.3. The molecule has 0 spiro atoms. The third kappa shape index (κ3) is 5.58. The molecule has 0 saturated heterocycles. The lowest BCUT2D eigenvalue weighted by molar-refractivity contribution is -0.141. The highest BCUT2D eigenvalue weighted by Crippen LogP contribution is 2.17. The number of rotatable bonds is 9. The smallest absolute Gasteiger partial charge is 0.308 e. The van der Waals surface area contributed by atoms with Crippen molar-refractivity contribution in [2.45, 2.75) is 33.6 Å². The van der Waals surface area contributed by atoms with Crippen LogP contribution in [0, 0.1) is 5.92 Å². The molecule has 1 atom stereocenters. The molecule has 5 nitrogen and oxygen atoms in total. The van der Waals surface area contributed by atoms with Crippen molar-refractivity contribution in [3.63, 3.8) is 0 Å². The van der Waals surface area contributed by atoms with Gasteiger partial charge in [-0.3, -0.25) is 9.59 Å². The zero-order chi connectivity index (χ0) is 17.4. The van der Waals surface area contributed by atoms with Crippen molar-refractivity contribution in [1.29, 1.82) is 0 Å². The molecule has 1 rings (SSSR count). The van der Waals surface area contributed by atoms with Crippen molar-refractivity contribution < 1.29 is 14.7 Å². The Hall–Kier alpha value is -2.04. The van der Waals surface area contributed by atoms with Crippen LogP contribution in [0.3, 0.4) is 0 Å². The van der Waals surface area contributed by atoms with Gasteiger partial charge in [0.15, 0.2) is 0 Å². The van der Waals surface area contributed by atoms with Crippen LogP contribution < -0.4 is 4.90 Å². The van der Waals surface area contributed by atoms with Crippen LogP contribution in [0.25, 0.3) is 0 Å². The van der Waals surface area contributed by atoms with Gasteiger partial charge in [-0.05, 0) is 37.6 Å². The number of carbonyl (C=O) groups is 2. The topological polar surface area (TPSA) is 60.9 Å². The van der Waals surface area contributed by atoms with Gasteiger partial charge in [0.05, 0.1) is 5.92 Å². The highest BCUT2D eigenvalue weighted by molar-refractivity contribution is 5.94. The van der Waals surface area contributed by atoms with Gasteiger partial charge in [0.1, 0.15) is 0 Å². The number of nitrogens with zero attached hydrogens (tertiary/aromatic N) is 2. The second-order valence-corrected chi connectivity index (χ2v) is 5.91. The predicted octanol–water partition coefficient (Wildman–Crippen LogP) is 3.11. The van der Waals surface area contributed by atoms with Crippen LogP contribution in [0.2, 0.25) is 0 Å². The van der Waals surface area contributed by atoms with E-state index in [1.807, 2.05) is 24.3 Å². The summed E-state index contributed by atoms with van der Waals surface area (Å²) < 4.78 is 0. The number of carbonyl (C=O) groups excluding carboxylic acids is 1. The summed E-state index contributed by atoms with van der Waals surface area (Å²) in [4.78, 5) is 27.0. The Kier molecular flexibility index (Phi) is 7.59. The normalized spacial score (nSPS) is 11.8. The van der Waals surface area contributed by atoms with Crippen LogP contribution in [0.15, 0.2) is 24.3 Å². The molecule has 0 heterocycles. The van der Waals surface area contributed by atoms with Gasteiger partial charge < -0.3 is 14.9 Å². The SMILES string of the molecule is CCCCN(CC)c1ccc(C(=O)N(C)CC(C)C(=O)O)cc1. The third-order valence-electron chi connectivity index (χ3n) is 3.96. The largest absolute Gasteiger partial charge is 0.481 e. The first-order chi connectivity index (χ1) is 10.9. The van der Waals surface area contributed by atoms with Crippen LogP contribution in [0.4, 0.5) is 5.69 Å². The summed E-state index contributed by atoms with van der Waals surface area (Å²) in [5.41, 5.74) is 1.69. The Morgan fingerprint density at radius 3 is 2.26 bits per heavy atom. The first-order valence-corrected chi connectivity index (χ1v) is 8.23. The van der Waals surface area contributed by atoms with Crippen LogP contribution in [0.1, 0.15) is 44.0 Å². The summed E-state index contributed by atoms with van der Waals surface area (Å²) in [7, 11) is 1.63. The van der Waals surface area contributed by atoms with Crippen molar-refractivity contribution >= 4 is 17.6 Å². The van der Waals surface area contributed by atoms with E-state index in [0.29, 0.717) is 5.56 Å². The highest BCUT2D eigenvalue weighted by Gasteiger charge is 2.18. The first-order valence-electron chi connectivity index (χ1n) is 8.23. The number of amides is 1. The van der Waals surface area contributed by atoms with Crippen LogP contribution >= 0.6 is 0 Å². The molecule has 1 unspecified atom stereocenters. The molecule has 23 heavy (non-hydrogen) atoms. The average molecular weight is 320 g/mol. The van der Waals surface area contributed by atoms with Crippen molar-refractivity contribution in [3.8, 4) is 0 Å². The predicted molar refractivity (Wildman–Crippen MR) is 93.0 cm³/mol. The summed E-state index contributed by atoms with van der Waals surface area (Å²) >= 11 is 0. The van der Waals surface area contributed by atoms with Gasteiger partial charge in [0.25, 0.3) is 5.91 Å². The molecule has 1 aromatic carbocycles. The number of benzene rings is 1. The monoisotopic (exact) mass is 320 g/mol. The van der Waals surface area contributed by atoms with E-state index in [1.54, 1.807) is 14.0 Å². The Balaban J connectivity index is 2.74. The first kappa shape index (κ1) is 19.0. The Bertz CT molecular complexity index is 514. The molecule has 0 fully saturated rings. The van der Waals surface area contributed by atoms with Gasteiger partial charge in [-0.1, -0.05) is 20.3 Å². The van der Waals surface area contributed by atoms with Gasteiger partial charge in [-0.2, -0.15) is 0 Å². The summed E-state index contributed by atoms with van der Waals surface area (Å²) in [6, 6.07) is 7.55. The van der Waals surface area contributed by atoms with Crippen LogP contribution in [-0.2, 0) is 4.79 Å². The van der Waals surface area contributed by atoms with Gasteiger partial charge >= 0.3 is 5.97 Å². The molecule has 1 aromatic rings. The van der Waals surface area contributed by atoms with Crippen molar-refractivity contribution in [3.05, 3.63) is 29.8 Å². The van der Waals surface area contributed by atoms with Gasteiger partial charge in [0, 0.05) is 37.9 Å². The molecule has 0 aliphatic heterocycles. The van der Waals surface area contributed by atoms with Gasteiger partial charge in [-0.25, -0.2) is 0 Å². The molecule has 5 heteroatoms. The number of unbranched alkanes of at least 4 members (excludes halogenated alkanes) is 1. The third-order valence-corrected chi connectivity index (χ3v) is 3.96. The zero-order valence-electron chi connectivity index (χ0n) is 14.6. The van der Waals surface area contributed by atoms with E-state index in [0.717, 1.165) is 31.6 Å². The lowest BCUT2D eigenvalue weighted by Gasteiger charge is -2.24. The standard InChI is InChI=1S/C18H28N2O3/c1-5-7-12-20(6-2)16-10-8-15(9-11-16)17(21)19(4)13-14(3)18(22)23/h8-11,14H,5-7,12-13H2,1-4H3,(H,22,23). The fourth-order valence-electron chi connectivity index (χ4n) is 2.43. The molecular weight excluding hydrogens is 292 g/mol. The summed E-state index contributed by atoms with van der Waals surface area (Å²) in [6.07, 6.45) is 2.30. The van der Waals surface area contributed by atoms with Gasteiger partial charge in [0.2, 0.25) is 0 Å². The quantitative estimate of drug-likeness (QED) is 0.759. The van der Waals surface area contributed by atoms with Crippen molar-refractivity contribution in [2.75, 3.05) is 31.6 Å². The molecule has 0 aromatic heterocycles. The minimum Gasteiger partial charge on any atom is -0.481 e. The van der Waals surface area contributed by atoms with E-state index in [9.17, 15) is 9.59 Å². The summed E-state index contributed by atoms with van der Waals surface area (Å²) in [5, 5.41) is 8.94. The fourth-order valence-corrected chi connectivity index (χ4v) is 2.43. The molecule has 0 aliphatic carbocycles. The maximum absolute atomic E-state index is 12.3. The molecule has 1 N–H and O–H groups in total. The number of carboxylic acids is 1.